The maximum Gasteiger partial charge on any atom is 0.231 e. The van der Waals surface area contributed by atoms with Crippen LogP contribution in [0.1, 0.15) is 44.5 Å². The molecular weight excluding hydrogens is 649 g/mol. The number of nitrogens with zero attached hydrogens (tertiary/aromatic N) is 6. The number of aliphatic imine (C=N–C) groups is 2. The van der Waals surface area contributed by atoms with Crippen LogP contribution in [0.4, 0.5) is 10.3 Å². The number of furan rings is 2. The van der Waals surface area contributed by atoms with Gasteiger partial charge in [0.05, 0.1) is 23.7 Å². The lowest BCUT2D eigenvalue weighted by atomic mass is 9.97. The normalized spacial score (nSPS) is 12.0. The molecule has 0 bridgehead atoms. The lowest BCUT2D eigenvalue weighted by molar-refractivity contribution is 0.613. The fraction of sp³-hybridized carbons (Fsp3) is 0.128. The van der Waals surface area contributed by atoms with Gasteiger partial charge in [0.25, 0.3) is 0 Å². The summed E-state index contributed by atoms with van der Waals surface area (Å²) < 4.78 is 12.1. The first-order chi connectivity index (χ1) is 23.9. The van der Waals surface area contributed by atoms with E-state index in [2.05, 4.69) is 107 Å². The molecule has 0 spiro atoms. The Morgan fingerprint density at radius 3 is 1.43 bits per heavy atom. The van der Waals surface area contributed by atoms with Gasteiger partial charge < -0.3 is 8.83 Å². The first kappa shape index (κ1) is 30.7. The fourth-order valence-corrected chi connectivity index (χ4v) is 7.12. The number of hydrogen-bond acceptors (Lipinski definition) is 10. The second kappa shape index (κ2) is 12.8. The van der Waals surface area contributed by atoms with Gasteiger partial charge in [-0.05, 0) is 91.8 Å². The molecule has 8 rings (SSSR count). The standard InChI is InChI=1S/C39H30N6O2S2/c1-22-5-9-26(10-6-22)18-40-38-44-42-36(48-38)32-16-28(14-30-24(3)20-46-34(30)32)13-29-15-31-25(4)21-47-35(31)33(17-29)37-43-45-39(49-37)41-19-27-11-7-23(2)8-12-27/h5-12,14-21H,13H2,1-4H3. The van der Waals surface area contributed by atoms with Gasteiger partial charge in [-0.3, -0.25) is 0 Å². The highest BCUT2D eigenvalue weighted by Gasteiger charge is 2.19. The van der Waals surface area contributed by atoms with E-state index in [0.717, 1.165) is 76.5 Å². The summed E-state index contributed by atoms with van der Waals surface area (Å²) in [4.78, 5) is 9.18. The van der Waals surface area contributed by atoms with E-state index >= 15 is 0 Å². The topological polar surface area (TPSA) is 103 Å². The van der Waals surface area contributed by atoms with Crippen LogP contribution in [0.2, 0.25) is 0 Å². The van der Waals surface area contributed by atoms with Gasteiger partial charge in [-0.2, -0.15) is 0 Å². The summed E-state index contributed by atoms with van der Waals surface area (Å²) >= 11 is 2.88. The molecule has 8 nitrogen and oxygen atoms in total. The van der Waals surface area contributed by atoms with Crippen molar-refractivity contribution in [3.63, 3.8) is 0 Å². The molecule has 4 aromatic carbocycles. The minimum atomic E-state index is 0.586. The Morgan fingerprint density at radius 1 is 0.571 bits per heavy atom. The van der Waals surface area contributed by atoms with Crippen molar-refractivity contribution in [3.05, 3.63) is 130 Å². The molecule has 240 valence electrons. The molecular formula is C39H30N6O2S2. The Balaban J connectivity index is 1.12. The first-order valence-electron chi connectivity index (χ1n) is 15.8. The lowest BCUT2D eigenvalue weighted by Crippen LogP contribution is -1.92. The van der Waals surface area contributed by atoms with Crippen molar-refractivity contribution < 1.29 is 8.83 Å². The summed E-state index contributed by atoms with van der Waals surface area (Å²) in [5.74, 6) is 0. The van der Waals surface area contributed by atoms with Gasteiger partial charge in [0, 0.05) is 23.2 Å². The molecule has 0 aliphatic rings. The van der Waals surface area contributed by atoms with Crippen molar-refractivity contribution in [1.29, 1.82) is 0 Å². The third-order valence-electron chi connectivity index (χ3n) is 8.35. The maximum absolute atomic E-state index is 6.05. The Labute approximate surface area is 290 Å². The number of aromatic nitrogens is 4. The van der Waals surface area contributed by atoms with E-state index < -0.39 is 0 Å². The van der Waals surface area contributed by atoms with Crippen LogP contribution in [-0.4, -0.2) is 32.8 Å². The van der Waals surface area contributed by atoms with Crippen LogP contribution < -0.4 is 0 Å². The van der Waals surface area contributed by atoms with Crippen LogP contribution in [0, 0.1) is 27.7 Å². The number of aryl methyl sites for hydroxylation is 4. The smallest absolute Gasteiger partial charge is 0.231 e. The Morgan fingerprint density at radius 2 is 1.00 bits per heavy atom. The molecule has 0 unspecified atom stereocenters. The van der Waals surface area contributed by atoms with E-state index in [9.17, 15) is 0 Å². The number of benzene rings is 4. The van der Waals surface area contributed by atoms with Crippen molar-refractivity contribution in [1.82, 2.24) is 20.4 Å². The Kier molecular flexibility index (Phi) is 8.03. The minimum Gasteiger partial charge on any atom is -0.463 e. The molecule has 0 saturated carbocycles. The van der Waals surface area contributed by atoms with Crippen molar-refractivity contribution in [2.24, 2.45) is 9.98 Å². The van der Waals surface area contributed by atoms with E-state index in [1.807, 2.05) is 36.7 Å². The molecule has 8 aromatic rings. The predicted molar refractivity (Wildman–Crippen MR) is 199 cm³/mol. The molecule has 4 heterocycles. The lowest BCUT2D eigenvalue weighted by Gasteiger charge is -2.08. The van der Waals surface area contributed by atoms with Gasteiger partial charge in [0.15, 0.2) is 10.0 Å². The summed E-state index contributed by atoms with van der Waals surface area (Å²) in [7, 11) is 0. The molecule has 0 aliphatic carbocycles. The van der Waals surface area contributed by atoms with E-state index in [1.165, 1.54) is 33.8 Å². The van der Waals surface area contributed by atoms with Crippen LogP contribution in [-0.2, 0) is 6.42 Å². The number of hydrogen-bond donors (Lipinski definition) is 0. The summed E-state index contributed by atoms with van der Waals surface area (Å²) in [6.45, 7) is 8.25. The molecule has 49 heavy (non-hydrogen) atoms. The van der Waals surface area contributed by atoms with Crippen LogP contribution in [0.5, 0.6) is 0 Å². The van der Waals surface area contributed by atoms with E-state index in [-0.39, 0.29) is 0 Å². The van der Waals surface area contributed by atoms with Gasteiger partial charge in [-0.25, -0.2) is 9.98 Å². The quantitative estimate of drug-likeness (QED) is 0.148. The second-order valence-electron chi connectivity index (χ2n) is 12.2. The highest BCUT2D eigenvalue weighted by molar-refractivity contribution is 7.18. The van der Waals surface area contributed by atoms with Crippen molar-refractivity contribution in [2.75, 3.05) is 0 Å². The second-order valence-corrected chi connectivity index (χ2v) is 14.1. The zero-order valence-corrected chi connectivity index (χ0v) is 28.9. The monoisotopic (exact) mass is 678 g/mol. The molecule has 0 saturated heterocycles. The predicted octanol–water partition coefficient (Wildman–Crippen LogP) is 10.5. The van der Waals surface area contributed by atoms with Gasteiger partial charge >= 0.3 is 0 Å². The van der Waals surface area contributed by atoms with Crippen molar-refractivity contribution >= 4 is 67.3 Å². The third-order valence-corrected chi connectivity index (χ3v) is 10.1. The SMILES string of the molecule is Cc1ccc(C=Nc2nnc(-c3cc(Cc4cc(-c5nnc(N=Cc6ccc(C)cc6)s5)c5occ(C)c5c4)cc4c(C)coc34)s2)cc1. The van der Waals surface area contributed by atoms with E-state index in [0.29, 0.717) is 16.7 Å². The highest BCUT2D eigenvalue weighted by Crippen LogP contribution is 2.39. The van der Waals surface area contributed by atoms with Crippen LogP contribution in [0.25, 0.3) is 43.1 Å². The molecule has 4 aromatic heterocycles. The van der Waals surface area contributed by atoms with Gasteiger partial charge in [0.1, 0.15) is 11.2 Å². The largest absolute Gasteiger partial charge is 0.463 e. The summed E-state index contributed by atoms with van der Waals surface area (Å²) in [6, 6.07) is 25.1. The number of rotatable bonds is 8. The van der Waals surface area contributed by atoms with Crippen LogP contribution in [0.15, 0.2) is 104 Å². The van der Waals surface area contributed by atoms with Crippen molar-refractivity contribution in [3.8, 4) is 21.1 Å². The van der Waals surface area contributed by atoms with Gasteiger partial charge in [-0.1, -0.05) is 82.3 Å². The maximum atomic E-state index is 6.05. The van der Waals surface area contributed by atoms with E-state index in [4.69, 9.17) is 8.83 Å². The summed E-state index contributed by atoms with van der Waals surface area (Å²) in [5.41, 5.74) is 12.2. The average Bonchev–Trinajstić information content (AvgIpc) is 3.92. The van der Waals surface area contributed by atoms with E-state index in [1.54, 1.807) is 12.5 Å². The fourth-order valence-electron chi connectivity index (χ4n) is 5.71. The van der Waals surface area contributed by atoms with Crippen LogP contribution >= 0.6 is 22.7 Å². The Bertz CT molecular complexity index is 2340. The first-order valence-corrected chi connectivity index (χ1v) is 17.4. The summed E-state index contributed by atoms with van der Waals surface area (Å²) in [5, 5.41) is 22.6. The van der Waals surface area contributed by atoms with Gasteiger partial charge in [-0.15, -0.1) is 20.4 Å². The Hall–Kier alpha value is -5.58. The van der Waals surface area contributed by atoms with Gasteiger partial charge in [0.2, 0.25) is 10.3 Å². The molecule has 0 aliphatic heterocycles. The van der Waals surface area contributed by atoms with Crippen LogP contribution in [0.3, 0.4) is 0 Å². The minimum absolute atomic E-state index is 0.586. The number of fused-ring (bicyclic) bond motifs is 2. The highest BCUT2D eigenvalue weighted by atomic mass is 32.1. The molecule has 0 radical (unpaired) electrons. The van der Waals surface area contributed by atoms with Crippen molar-refractivity contribution in [2.45, 2.75) is 34.1 Å². The average molecular weight is 679 g/mol. The zero-order chi connectivity index (χ0) is 33.5. The molecule has 0 atom stereocenters. The third kappa shape index (κ3) is 6.36. The molecule has 10 heteroatoms. The summed E-state index contributed by atoms with van der Waals surface area (Å²) in [6.07, 6.45) is 7.90. The molecule has 0 fully saturated rings. The molecule has 0 amide bonds. The zero-order valence-electron chi connectivity index (χ0n) is 27.3. The molecule has 0 N–H and O–H groups in total.